The maximum Gasteiger partial charge on any atom is 0.191 e. The molecule has 0 N–H and O–H groups in total. The summed E-state index contributed by atoms with van der Waals surface area (Å²) in [6.07, 6.45) is 2.71. The predicted molar refractivity (Wildman–Crippen MR) is 127 cm³/mol. The first kappa shape index (κ1) is 21.4. The van der Waals surface area contributed by atoms with E-state index in [1.54, 1.807) is 7.11 Å². The zero-order chi connectivity index (χ0) is 22.9. The largest absolute Gasteiger partial charge is 0.496 e. The zero-order valence-electron chi connectivity index (χ0n) is 18.7. The monoisotopic (exact) mass is 464 g/mol. The second-order valence-corrected chi connectivity index (χ2v) is 8.74. The van der Waals surface area contributed by atoms with Gasteiger partial charge in [0.2, 0.25) is 0 Å². The van der Waals surface area contributed by atoms with E-state index in [1.165, 1.54) is 11.8 Å². The molecular weight excluding hydrogens is 440 g/mol. The molecule has 0 radical (unpaired) electrons. The van der Waals surface area contributed by atoms with Crippen molar-refractivity contribution in [2.45, 2.75) is 11.6 Å². The molecule has 0 fully saturated rings. The number of hydrogen-bond donors (Lipinski definition) is 0. The molecular formula is C24H24N4O4S. The number of carbonyl (C=O) groups is 1. The van der Waals surface area contributed by atoms with Crippen molar-refractivity contribution in [2.24, 2.45) is 14.1 Å². The number of ether oxygens (including phenoxy) is 3. The van der Waals surface area contributed by atoms with Crippen LogP contribution in [0, 0.1) is 0 Å². The lowest BCUT2D eigenvalue weighted by Gasteiger charge is -2.13. The van der Waals surface area contributed by atoms with Gasteiger partial charge in [0.15, 0.2) is 28.3 Å². The van der Waals surface area contributed by atoms with Crippen LogP contribution in [0.2, 0.25) is 0 Å². The molecule has 1 aliphatic heterocycles. The Labute approximate surface area is 195 Å². The number of Topliss-reactive ketones (excluding diaryl/α,β-unsaturated/α-hetero) is 1. The first-order valence-corrected chi connectivity index (χ1v) is 11.6. The van der Waals surface area contributed by atoms with Gasteiger partial charge in [0, 0.05) is 49.2 Å². The molecule has 5 rings (SSSR count). The average molecular weight is 465 g/mol. The molecule has 0 spiro atoms. The van der Waals surface area contributed by atoms with E-state index in [9.17, 15) is 4.79 Å². The minimum Gasteiger partial charge on any atom is -0.496 e. The molecule has 0 amide bonds. The fourth-order valence-electron chi connectivity index (χ4n) is 3.98. The molecule has 0 atom stereocenters. The van der Waals surface area contributed by atoms with Crippen molar-refractivity contribution in [3.8, 4) is 28.6 Å². The standard InChI is InChI=1S/C24H24N4O4S/c1-27-13-17(15-7-4-5-8-18(15)27)19(29)14-33-24-26-25-23(28(24)2)16-11-21-22(12-20(16)30-3)32-10-6-9-31-21/h4-5,7-8,11-13H,6,9-10,14H2,1-3H3. The summed E-state index contributed by atoms with van der Waals surface area (Å²) in [6, 6.07) is 11.6. The van der Waals surface area contributed by atoms with Crippen LogP contribution in [0.5, 0.6) is 17.2 Å². The number of rotatable bonds is 6. The maximum absolute atomic E-state index is 13.0. The molecule has 0 saturated heterocycles. The molecule has 9 heteroatoms. The highest BCUT2D eigenvalue weighted by Gasteiger charge is 2.22. The number of aromatic nitrogens is 4. The Bertz CT molecular complexity index is 1340. The second-order valence-electron chi connectivity index (χ2n) is 7.80. The summed E-state index contributed by atoms with van der Waals surface area (Å²) >= 11 is 1.36. The number of nitrogens with zero attached hydrogens (tertiary/aromatic N) is 4. The summed E-state index contributed by atoms with van der Waals surface area (Å²) in [7, 11) is 5.43. The predicted octanol–water partition coefficient (Wildman–Crippen LogP) is 4.12. The van der Waals surface area contributed by atoms with Crippen LogP contribution >= 0.6 is 11.8 Å². The molecule has 8 nitrogen and oxygen atoms in total. The Hall–Kier alpha value is -3.46. The summed E-state index contributed by atoms with van der Waals surface area (Å²) in [5.41, 5.74) is 2.50. The second kappa shape index (κ2) is 8.82. The highest BCUT2D eigenvalue weighted by atomic mass is 32.2. The van der Waals surface area contributed by atoms with Crippen LogP contribution < -0.4 is 14.2 Å². The highest BCUT2D eigenvalue weighted by Crippen LogP contribution is 2.41. The molecule has 2 aromatic heterocycles. The van der Waals surface area contributed by atoms with Gasteiger partial charge < -0.3 is 23.3 Å². The van der Waals surface area contributed by atoms with Crippen molar-refractivity contribution in [1.29, 1.82) is 0 Å². The molecule has 3 heterocycles. The number of fused-ring (bicyclic) bond motifs is 2. The number of benzene rings is 2. The molecule has 4 aromatic rings. The molecule has 33 heavy (non-hydrogen) atoms. The summed E-state index contributed by atoms with van der Waals surface area (Å²) in [6.45, 7) is 1.19. The smallest absolute Gasteiger partial charge is 0.191 e. The van der Waals surface area contributed by atoms with Gasteiger partial charge in [-0.05, 0) is 12.1 Å². The zero-order valence-corrected chi connectivity index (χ0v) is 19.5. The van der Waals surface area contributed by atoms with Crippen molar-refractivity contribution in [3.05, 3.63) is 48.2 Å². The maximum atomic E-state index is 13.0. The fraction of sp³-hybridized carbons (Fsp3) is 0.292. The Balaban J connectivity index is 1.40. The average Bonchev–Trinajstić information content (AvgIpc) is 3.26. The Morgan fingerprint density at radius 1 is 1.12 bits per heavy atom. The van der Waals surface area contributed by atoms with Crippen LogP contribution in [-0.2, 0) is 14.1 Å². The molecule has 170 valence electrons. The number of thioether (sulfide) groups is 1. The van der Waals surface area contributed by atoms with Crippen LogP contribution in [0.25, 0.3) is 22.3 Å². The third-order valence-corrected chi connectivity index (χ3v) is 6.70. The number of ketones is 1. The van der Waals surface area contributed by atoms with Crippen LogP contribution in [0.1, 0.15) is 16.8 Å². The van der Waals surface area contributed by atoms with Gasteiger partial charge in [-0.1, -0.05) is 30.0 Å². The molecule has 2 aromatic carbocycles. The van der Waals surface area contributed by atoms with E-state index in [-0.39, 0.29) is 11.5 Å². The minimum atomic E-state index is 0.0505. The molecule has 0 bridgehead atoms. The first-order chi connectivity index (χ1) is 16.1. The van der Waals surface area contributed by atoms with Gasteiger partial charge in [-0.3, -0.25) is 4.79 Å². The van der Waals surface area contributed by atoms with Crippen molar-refractivity contribution in [3.63, 3.8) is 0 Å². The highest BCUT2D eigenvalue weighted by molar-refractivity contribution is 7.99. The van der Waals surface area contributed by atoms with Crippen molar-refractivity contribution >= 4 is 28.4 Å². The quantitative estimate of drug-likeness (QED) is 0.314. The number of carbonyl (C=O) groups excluding carboxylic acids is 1. The Morgan fingerprint density at radius 3 is 2.67 bits per heavy atom. The summed E-state index contributed by atoms with van der Waals surface area (Å²) in [5, 5.41) is 10.3. The van der Waals surface area contributed by atoms with E-state index >= 15 is 0 Å². The van der Waals surface area contributed by atoms with Crippen LogP contribution in [0.4, 0.5) is 0 Å². The molecule has 0 saturated carbocycles. The van der Waals surface area contributed by atoms with Gasteiger partial charge in [-0.2, -0.15) is 0 Å². The number of para-hydroxylation sites is 1. The van der Waals surface area contributed by atoms with Gasteiger partial charge in [0.1, 0.15) is 5.75 Å². The molecule has 0 unspecified atom stereocenters. The Morgan fingerprint density at radius 2 is 1.88 bits per heavy atom. The summed E-state index contributed by atoms with van der Waals surface area (Å²) in [5.74, 6) is 2.88. The van der Waals surface area contributed by atoms with Gasteiger partial charge in [0.05, 0.1) is 31.6 Å². The lowest BCUT2D eigenvalue weighted by atomic mass is 10.1. The van der Waals surface area contributed by atoms with Crippen LogP contribution in [0.15, 0.2) is 47.8 Å². The van der Waals surface area contributed by atoms with Crippen molar-refractivity contribution in [1.82, 2.24) is 19.3 Å². The molecule has 0 aliphatic carbocycles. The van der Waals surface area contributed by atoms with E-state index in [0.717, 1.165) is 22.9 Å². The number of hydrogen-bond acceptors (Lipinski definition) is 7. The third kappa shape index (κ3) is 3.93. The Kier molecular flexibility index (Phi) is 5.72. The summed E-state index contributed by atoms with van der Waals surface area (Å²) < 4.78 is 21.0. The van der Waals surface area contributed by atoms with E-state index in [4.69, 9.17) is 14.2 Å². The number of methoxy groups -OCH3 is 1. The van der Waals surface area contributed by atoms with E-state index in [2.05, 4.69) is 10.2 Å². The fourth-order valence-corrected chi connectivity index (χ4v) is 4.77. The third-order valence-electron chi connectivity index (χ3n) is 5.68. The van der Waals surface area contributed by atoms with E-state index < -0.39 is 0 Å². The first-order valence-electron chi connectivity index (χ1n) is 10.6. The van der Waals surface area contributed by atoms with Gasteiger partial charge >= 0.3 is 0 Å². The van der Waals surface area contributed by atoms with Gasteiger partial charge in [-0.25, -0.2) is 0 Å². The number of aryl methyl sites for hydroxylation is 1. The van der Waals surface area contributed by atoms with Crippen LogP contribution in [0.3, 0.4) is 0 Å². The van der Waals surface area contributed by atoms with Crippen LogP contribution in [-0.4, -0.2) is 51.2 Å². The lowest BCUT2D eigenvalue weighted by Crippen LogP contribution is -2.04. The van der Waals surface area contributed by atoms with Gasteiger partial charge in [0.25, 0.3) is 0 Å². The molecule has 1 aliphatic rings. The van der Waals surface area contributed by atoms with Crippen molar-refractivity contribution in [2.75, 3.05) is 26.1 Å². The normalized spacial score (nSPS) is 13.2. The SMILES string of the molecule is COc1cc2c(cc1-c1nnc(SCC(=O)c3cn(C)c4ccccc34)n1C)OCCCO2. The van der Waals surface area contributed by atoms with Crippen molar-refractivity contribution < 1.29 is 19.0 Å². The van der Waals surface area contributed by atoms with E-state index in [1.807, 2.05) is 65.8 Å². The lowest BCUT2D eigenvalue weighted by molar-refractivity contribution is 0.102. The van der Waals surface area contributed by atoms with Gasteiger partial charge in [-0.15, -0.1) is 10.2 Å². The summed E-state index contributed by atoms with van der Waals surface area (Å²) in [4.78, 5) is 13.0. The minimum absolute atomic E-state index is 0.0505. The van der Waals surface area contributed by atoms with E-state index in [0.29, 0.717) is 47.0 Å². The topological polar surface area (TPSA) is 80.4 Å².